The van der Waals surface area contributed by atoms with Crippen LogP contribution >= 0.6 is 11.6 Å². The fraction of sp³-hybridized carbons (Fsp3) is 0.375. The second-order valence-electron chi connectivity index (χ2n) is 5.22. The summed E-state index contributed by atoms with van der Waals surface area (Å²) in [6.45, 7) is -1.04. The molecule has 5 nitrogen and oxygen atoms in total. The number of nitrogens with zero attached hydrogens (tertiary/aromatic N) is 1. The van der Waals surface area contributed by atoms with Crippen molar-refractivity contribution in [2.75, 3.05) is 26.3 Å². The van der Waals surface area contributed by atoms with Gasteiger partial charge >= 0.3 is 12.1 Å². The Morgan fingerprint density at radius 1 is 1.36 bits per heavy atom. The Morgan fingerprint density at radius 2 is 2.08 bits per heavy atom. The normalized spacial score (nSPS) is 13.4. The van der Waals surface area contributed by atoms with Crippen LogP contribution in [0.2, 0.25) is 5.02 Å². The summed E-state index contributed by atoms with van der Waals surface area (Å²) >= 11 is 5.87. The van der Waals surface area contributed by atoms with Crippen LogP contribution in [0.1, 0.15) is 12.5 Å². The number of carbonyl (C=O) groups is 2. The molecule has 0 saturated carbocycles. The predicted molar refractivity (Wildman–Crippen MR) is 84.2 cm³/mol. The molecular weight excluding hydrogens is 363 g/mol. The lowest BCUT2D eigenvalue weighted by Crippen LogP contribution is -2.44. The summed E-state index contributed by atoms with van der Waals surface area (Å²) in [5, 5.41) is 0.394. The number of halogens is 4. The molecule has 0 unspecified atom stereocenters. The molecule has 0 aliphatic carbocycles. The van der Waals surface area contributed by atoms with Crippen molar-refractivity contribution in [3.63, 3.8) is 0 Å². The SMILES string of the molecule is CCOC(=O)CN(CC(F)(F)F)C(=O)C1=Cc2cc(Cl)ccc2OC1. The first-order chi connectivity index (χ1) is 11.7. The minimum absolute atomic E-state index is 0.00453. The van der Waals surface area contributed by atoms with Crippen LogP contribution in [0.25, 0.3) is 6.08 Å². The van der Waals surface area contributed by atoms with E-state index in [2.05, 4.69) is 4.74 Å². The summed E-state index contributed by atoms with van der Waals surface area (Å²) in [7, 11) is 0. The molecule has 0 saturated heterocycles. The van der Waals surface area contributed by atoms with Crippen LogP contribution in [0, 0.1) is 0 Å². The molecule has 1 heterocycles. The van der Waals surface area contributed by atoms with Crippen LogP contribution in [-0.4, -0.2) is 49.3 Å². The number of benzene rings is 1. The minimum atomic E-state index is -4.65. The third-order valence-electron chi connectivity index (χ3n) is 3.24. The van der Waals surface area contributed by atoms with E-state index in [4.69, 9.17) is 16.3 Å². The lowest BCUT2D eigenvalue weighted by atomic mass is 10.1. The summed E-state index contributed by atoms with van der Waals surface area (Å²) in [5.74, 6) is -1.40. The van der Waals surface area contributed by atoms with E-state index in [1.807, 2.05) is 0 Å². The van der Waals surface area contributed by atoms with Crippen molar-refractivity contribution >= 4 is 29.6 Å². The second-order valence-corrected chi connectivity index (χ2v) is 5.66. The Bertz CT molecular complexity index is 703. The number of fused-ring (bicyclic) bond motifs is 1. The quantitative estimate of drug-likeness (QED) is 0.740. The highest BCUT2D eigenvalue weighted by molar-refractivity contribution is 6.30. The number of amides is 1. The smallest absolute Gasteiger partial charge is 0.406 e. The van der Waals surface area contributed by atoms with Gasteiger partial charge in [0.1, 0.15) is 25.4 Å². The standard InChI is InChI=1S/C16H15ClF3NO4/c1-2-24-14(22)7-21(9-16(18,19)20)15(23)11-5-10-6-12(17)3-4-13(10)25-8-11/h3-6H,2,7-9H2,1H3. The van der Waals surface area contributed by atoms with Crippen LogP contribution in [0.3, 0.4) is 0 Å². The largest absolute Gasteiger partial charge is 0.488 e. The highest BCUT2D eigenvalue weighted by Gasteiger charge is 2.35. The van der Waals surface area contributed by atoms with E-state index in [0.717, 1.165) is 0 Å². The monoisotopic (exact) mass is 377 g/mol. The van der Waals surface area contributed by atoms with Gasteiger partial charge in [-0.15, -0.1) is 0 Å². The van der Waals surface area contributed by atoms with Gasteiger partial charge in [-0.05, 0) is 31.2 Å². The van der Waals surface area contributed by atoms with E-state index in [0.29, 0.717) is 21.2 Å². The van der Waals surface area contributed by atoms with Crippen LogP contribution < -0.4 is 4.74 Å². The highest BCUT2D eigenvalue weighted by Crippen LogP contribution is 2.30. The molecule has 0 N–H and O–H groups in total. The van der Waals surface area contributed by atoms with Crippen molar-refractivity contribution in [1.29, 1.82) is 0 Å². The first-order valence-electron chi connectivity index (χ1n) is 7.34. The van der Waals surface area contributed by atoms with Crippen LogP contribution in [-0.2, 0) is 14.3 Å². The first-order valence-corrected chi connectivity index (χ1v) is 7.72. The van der Waals surface area contributed by atoms with Gasteiger partial charge < -0.3 is 14.4 Å². The molecule has 0 atom stereocenters. The van der Waals surface area contributed by atoms with Crippen LogP contribution in [0.5, 0.6) is 5.75 Å². The molecule has 1 amide bonds. The Labute approximate surface area is 146 Å². The van der Waals surface area contributed by atoms with Gasteiger partial charge in [-0.1, -0.05) is 11.6 Å². The molecule has 0 spiro atoms. The van der Waals surface area contributed by atoms with Crippen molar-refractivity contribution in [2.45, 2.75) is 13.1 Å². The van der Waals surface area contributed by atoms with E-state index < -0.39 is 31.1 Å². The summed E-state index contributed by atoms with van der Waals surface area (Å²) in [6, 6.07) is 4.72. The molecule has 0 radical (unpaired) electrons. The van der Waals surface area contributed by atoms with E-state index in [1.54, 1.807) is 12.1 Å². The zero-order chi connectivity index (χ0) is 18.6. The maximum absolute atomic E-state index is 12.7. The number of ether oxygens (including phenoxy) is 2. The molecule has 1 aliphatic rings. The number of hydrogen-bond acceptors (Lipinski definition) is 4. The first kappa shape index (κ1) is 19.1. The zero-order valence-corrected chi connectivity index (χ0v) is 14.0. The van der Waals surface area contributed by atoms with E-state index in [-0.39, 0.29) is 18.8 Å². The number of esters is 1. The molecule has 1 aliphatic heterocycles. The molecule has 136 valence electrons. The van der Waals surface area contributed by atoms with Gasteiger partial charge in [0.05, 0.1) is 12.2 Å². The highest BCUT2D eigenvalue weighted by atomic mass is 35.5. The van der Waals surface area contributed by atoms with Gasteiger partial charge in [-0.3, -0.25) is 9.59 Å². The molecular formula is C16H15ClF3NO4. The molecule has 0 bridgehead atoms. The van der Waals surface area contributed by atoms with E-state index in [9.17, 15) is 22.8 Å². The predicted octanol–water partition coefficient (Wildman–Crippen LogP) is 3.07. The number of carbonyl (C=O) groups excluding carboxylic acids is 2. The average Bonchev–Trinajstić information content (AvgIpc) is 2.51. The maximum atomic E-state index is 12.7. The number of hydrogen-bond donors (Lipinski definition) is 0. The second kappa shape index (κ2) is 7.77. The molecule has 9 heteroatoms. The van der Waals surface area contributed by atoms with Crippen molar-refractivity contribution in [3.05, 3.63) is 34.4 Å². The molecule has 2 rings (SSSR count). The van der Waals surface area contributed by atoms with Gasteiger partial charge in [0, 0.05) is 10.6 Å². The summed E-state index contributed by atoms with van der Waals surface area (Å²) in [5.41, 5.74) is 0.466. The number of rotatable bonds is 5. The van der Waals surface area contributed by atoms with E-state index in [1.165, 1.54) is 19.1 Å². The molecule has 1 aromatic carbocycles. The maximum Gasteiger partial charge on any atom is 0.406 e. The van der Waals surface area contributed by atoms with Gasteiger partial charge in [-0.25, -0.2) is 0 Å². The molecule has 1 aromatic rings. The third-order valence-corrected chi connectivity index (χ3v) is 3.48. The fourth-order valence-corrected chi connectivity index (χ4v) is 2.43. The topological polar surface area (TPSA) is 55.8 Å². The number of alkyl halides is 3. The fourth-order valence-electron chi connectivity index (χ4n) is 2.25. The zero-order valence-electron chi connectivity index (χ0n) is 13.2. The van der Waals surface area contributed by atoms with Crippen molar-refractivity contribution in [1.82, 2.24) is 4.90 Å². The molecule has 25 heavy (non-hydrogen) atoms. The Morgan fingerprint density at radius 3 is 2.72 bits per heavy atom. The van der Waals surface area contributed by atoms with Gasteiger partial charge in [-0.2, -0.15) is 13.2 Å². The lowest BCUT2D eigenvalue weighted by Gasteiger charge is -2.26. The van der Waals surface area contributed by atoms with Crippen LogP contribution in [0.15, 0.2) is 23.8 Å². The summed E-state index contributed by atoms with van der Waals surface area (Å²) in [4.78, 5) is 24.4. The lowest BCUT2D eigenvalue weighted by molar-refractivity contribution is -0.165. The van der Waals surface area contributed by atoms with Crippen molar-refractivity contribution < 1.29 is 32.2 Å². The summed E-state index contributed by atoms with van der Waals surface area (Å²) < 4.78 is 48.2. The van der Waals surface area contributed by atoms with Gasteiger partial charge in [0.25, 0.3) is 5.91 Å². The molecule has 0 aromatic heterocycles. The Hall–Kier alpha value is -2.22. The third kappa shape index (κ3) is 5.38. The summed E-state index contributed by atoms with van der Waals surface area (Å²) in [6.07, 6.45) is -3.25. The minimum Gasteiger partial charge on any atom is -0.488 e. The van der Waals surface area contributed by atoms with Gasteiger partial charge in [0.15, 0.2) is 0 Å². The Kier molecular flexibility index (Phi) is 5.94. The average molecular weight is 378 g/mol. The van der Waals surface area contributed by atoms with Crippen molar-refractivity contribution in [2.24, 2.45) is 0 Å². The molecule has 0 fully saturated rings. The van der Waals surface area contributed by atoms with Gasteiger partial charge in [0.2, 0.25) is 0 Å². The van der Waals surface area contributed by atoms with Crippen molar-refractivity contribution in [3.8, 4) is 5.75 Å². The Balaban J connectivity index is 2.24. The van der Waals surface area contributed by atoms with E-state index >= 15 is 0 Å². The van der Waals surface area contributed by atoms with Crippen LogP contribution in [0.4, 0.5) is 13.2 Å².